The molecule has 1 unspecified atom stereocenters. The molecule has 1 atom stereocenters. The molecule has 3 aromatic carbocycles. The number of nitrogens with one attached hydrogen (secondary N) is 2. The Morgan fingerprint density at radius 2 is 1.84 bits per heavy atom. The fraction of sp³-hybridized carbons (Fsp3) is 0.172. The van der Waals surface area contributed by atoms with E-state index < -0.39 is 18.0 Å². The van der Waals surface area contributed by atoms with Crippen LogP contribution in [-0.4, -0.2) is 42.1 Å². The van der Waals surface area contributed by atoms with E-state index in [0.29, 0.717) is 28.9 Å². The summed E-state index contributed by atoms with van der Waals surface area (Å²) in [6.45, 7) is 2.11. The first-order valence-corrected chi connectivity index (χ1v) is 12.1. The normalized spacial score (nSPS) is 14.8. The average molecular weight is 513 g/mol. The molecule has 192 valence electrons. The average Bonchev–Trinajstić information content (AvgIpc) is 3.31. The maximum Gasteiger partial charge on any atom is 0.414 e. The third-order valence-electron chi connectivity index (χ3n) is 6.33. The fourth-order valence-corrected chi connectivity index (χ4v) is 4.38. The first-order chi connectivity index (χ1) is 18.4. The summed E-state index contributed by atoms with van der Waals surface area (Å²) in [6, 6.07) is 21.0. The summed E-state index contributed by atoms with van der Waals surface area (Å²) in [4.78, 5) is 41.7. The second kappa shape index (κ2) is 10.7. The summed E-state index contributed by atoms with van der Waals surface area (Å²) in [5.74, 6) is -0.897. The Labute approximate surface area is 218 Å². The van der Waals surface area contributed by atoms with E-state index in [2.05, 4.69) is 15.6 Å². The fourth-order valence-electron chi connectivity index (χ4n) is 4.38. The molecule has 1 saturated heterocycles. The van der Waals surface area contributed by atoms with Gasteiger partial charge in [-0.2, -0.15) is 0 Å². The molecule has 0 saturated carbocycles. The standard InChI is InChI=1S/C29H25FN4O4/c1-18(35)32-16-22-17-34(29(37)38-22)21-10-11-23(26(30)14-21)20-8-6-19(7-9-20)15-33-28(36)25-12-13-31-27-5-3-2-4-24(25)27/h2-14,22H,15-17H2,1H3,(H,32,35)(H,33,36). The highest BCUT2D eigenvalue weighted by molar-refractivity contribution is 6.05. The predicted molar refractivity (Wildman–Crippen MR) is 141 cm³/mol. The van der Waals surface area contributed by atoms with Gasteiger partial charge in [0.15, 0.2) is 0 Å². The summed E-state index contributed by atoms with van der Waals surface area (Å²) in [5, 5.41) is 6.33. The van der Waals surface area contributed by atoms with Crippen LogP contribution < -0.4 is 15.5 Å². The number of halogens is 1. The lowest BCUT2D eigenvalue weighted by atomic mass is 10.0. The molecule has 0 spiro atoms. The minimum absolute atomic E-state index is 0.199. The number of amides is 3. The van der Waals surface area contributed by atoms with Crippen LogP contribution in [0.2, 0.25) is 0 Å². The number of carbonyl (C=O) groups is 3. The summed E-state index contributed by atoms with van der Waals surface area (Å²) in [7, 11) is 0. The molecule has 2 N–H and O–H groups in total. The van der Waals surface area contributed by atoms with Gasteiger partial charge in [-0.05, 0) is 41.5 Å². The molecule has 1 aliphatic rings. The lowest BCUT2D eigenvalue weighted by Gasteiger charge is -2.15. The van der Waals surface area contributed by atoms with Crippen LogP contribution in [0.3, 0.4) is 0 Å². The van der Waals surface area contributed by atoms with Crippen molar-refractivity contribution < 1.29 is 23.5 Å². The van der Waals surface area contributed by atoms with Gasteiger partial charge in [0, 0.05) is 30.6 Å². The molecule has 3 amide bonds. The summed E-state index contributed by atoms with van der Waals surface area (Å²) >= 11 is 0. The van der Waals surface area contributed by atoms with Crippen molar-refractivity contribution in [3.05, 3.63) is 95.9 Å². The molecule has 1 fully saturated rings. The molecular formula is C29H25FN4O4. The minimum atomic E-state index is -0.585. The Hall–Kier alpha value is -4.79. The van der Waals surface area contributed by atoms with Gasteiger partial charge in [0.25, 0.3) is 5.91 Å². The number of hydrogen-bond acceptors (Lipinski definition) is 5. The first-order valence-electron chi connectivity index (χ1n) is 12.1. The van der Waals surface area contributed by atoms with Gasteiger partial charge < -0.3 is 15.4 Å². The molecule has 0 bridgehead atoms. The predicted octanol–water partition coefficient (Wildman–Crippen LogP) is 4.43. The number of para-hydroxylation sites is 1. The smallest absolute Gasteiger partial charge is 0.414 e. The molecule has 0 radical (unpaired) electrons. The molecule has 5 rings (SSSR count). The Kier molecular flexibility index (Phi) is 6.99. The Morgan fingerprint density at radius 1 is 1.05 bits per heavy atom. The molecule has 9 heteroatoms. The van der Waals surface area contributed by atoms with E-state index in [0.717, 1.165) is 16.5 Å². The maximum atomic E-state index is 15.0. The Morgan fingerprint density at radius 3 is 2.61 bits per heavy atom. The summed E-state index contributed by atoms with van der Waals surface area (Å²) in [6.07, 6.45) is 0.529. The number of nitrogens with zero attached hydrogens (tertiary/aromatic N) is 2. The van der Waals surface area contributed by atoms with Crippen molar-refractivity contribution in [2.24, 2.45) is 0 Å². The van der Waals surface area contributed by atoms with Gasteiger partial charge in [0.1, 0.15) is 11.9 Å². The van der Waals surface area contributed by atoms with E-state index in [1.54, 1.807) is 36.5 Å². The van der Waals surface area contributed by atoms with Gasteiger partial charge in [0.2, 0.25) is 5.91 Å². The third-order valence-corrected chi connectivity index (χ3v) is 6.33. The van der Waals surface area contributed by atoms with Crippen LogP contribution in [0.5, 0.6) is 0 Å². The molecule has 38 heavy (non-hydrogen) atoms. The number of fused-ring (bicyclic) bond motifs is 1. The number of hydrogen-bond donors (Lipinski definition) is 2. The number of ether oxygens (including phenoxy) is 1. The number of cyclic esters (lactones) is 1. The number of benzene rings is 3. The third kappa shape index (κ3) is 5.31. The number of anilines is 1. The van der Waals surface area contributed by atoms with Gasteiger partial charge in [-0.15, -0.1) is 0 Å². The van der Waals surface area contributed by atoms with Gasteiger partial charge in [0.05, 0.1) is 29.9 Å². The van der Waals surface area contributed by atoms with Gasteiger partial charge in [-0.3, -0.25) is 19.5 Å². The molecule has 8 nitrogen and oxygen atoms in total. The number of rotatable bonds is 7. The van der Waals surface area contributed by atoms with Crippen LogP contribution in [0, 0.1) is 5.82 Å². The highest BCUT2D eigenvalue weighted by Crippen LogP contribution is 2.29. The highest BCUT2D eigenvalue weighted by Gasteiger charge is 2.32. The van der Waals surface area contributed by atoms with Crippen molar-refractivity contribution in [3.8, 4) is 11.1 Å². The lowest BCUT2D eigenvalue weighted by Crippen LogP contribution is -2.33. The van der Waals surface area contributed by atoms with E-state index in [-0.39, 0.29) is 24.9 Å². The van der Waals surface area contributed by atoms with Crippen LogP contribution >= 0.6 is 0 Å². The van der Waals surface area contributed by atoms with Crippen molar-refractivity contribution in [1.29, 1.82) is 0 Å². The number of aromatic nitrogens is 1. The topological polar surface area (TPSA) is 101 Å². The number of carbonyl (C=O) groups excluding carboxylic acids is 3. The van der Waals surface area contributed by atoms with Crippen LogP contribution in [0.25, 0.3) is 22.0 Å². The molecular weight excluding hydrogens is 487 g/mol. The Balaban J connectivity index is 1.23. The highest BCUT2D eigenvalue weighted by atomic mass is 19.1. The van der Waals surface area contributed by atoms with E-state index in [1.807, 2.05) is 36.4 Å². The van der Waals surface area contributed by atoms with Crippen molar-refractivity contribution in [1.82, 2.24) is 15.6 Å². The van der Waals surface area contributed by atoms with Crippen molar-refractivity contribution in [2.45, 2.75) is 19.6 Å². The van der Waals surface area contributed by atoms with E-state index in [4.69, 9.17) is 4.74 Å². The second-order valence-electron chi connectivity index (χ2n) is 8.97. The van der Waals surface area contributed by atoms with Crippen molar-refractivity contribution in [2.75, 3.05) is 18.0 Å². The van der Waals surface area contributed by atoms with Gasteiger partial charge >= 0.3 is 6.09 Å². The molecule has 0 aliphatic carbocycles. The van der Waals surface area contributed by atoms with Crippen LogP contribution in [-0.2, 0) is 16.1 Å². The van der Waals surface area contributed by atoms with Crippen LogP contribution in [0.4, 0.5) is 14.9 Å². The van der Waals surface area contributed by atoms with E-state index in [1.165, 1.54) is 17.9 Å². The molecule has 2 heterocycles. The first kappa shape index (κ1) is 24.9. The molecule has 1 aromatic heterocycles. The maximum absolute atomic E-state index is 15.0. The lowest BCUT2D eigenvalue weighted by molar-refractivity contribution is -0.119. The molecule has 4 aromatic rings. The Bertz CT molecular complexity index is 1520. The largest absolute Gasteiger partial charge is 0.442 e. The van der Waals surface area contributed by atoms with Crippen LogP contribution in [0.15, 0.2) is 79.0 Å². The quantitative estimate of drug-likeness (QED) is 0.382. The zero-order valence-corrected chi connectivity index (χ0v) is 20.6. The molecule has 1 aliphatic heterocycles. The summed E-state index contributed by atoms with van der Waals surface area (Å²) in [5.41, 5.74) is 3.60. The number of pyridine rings is 1. The monoisotopic (exact) mass is 512 g/mol. The minimum Gasteiger partial charge on any atom is -0.442 e. The van der Waals surface area contributed by atoms with Crippen molar-refractivity contribution >= 4 is 34.5 Å². The van der Waals surface area contributed by atoms with Gasteiger partial charge in [-0.25, -0.2) is 9.18 Å². The second-order valence-corrected chi connectivity index (χ2v) is 8.97. The van der Waals surface area contributed by atoms with Gasteiger partial charge in [-0.1, -0.05) is 42.5 Å². The summed E-state index contributed by atoms with van der Waals surface area (Å²) < 4.78 is 20.3. The SMILES string of the molecule is CC(=O)NCC1CN(c2ccc(-c3ccc(CNC(=O)c4ccnc5ccccc45)cc3)c(F)c2)C(=O)O1. The zero-order valence-electron chi connectivity index (χ0n) is 20.6. The van der Waals surface area contributed by atoms with Crippen LogP contribution in [0.1, 0.15) is 22.8 Å². The zero-order chi connectivity index (χ0) is 26.6. The van der Waals surface area contributed by atoms with Crippen molar-refractivity contribution in [3.63, 3.8) is 0 Å². The van der Waals surface area contributed by atoms with E-state index in [9.17, 15) is 14.4 Å². The van der Waals surface area contributed by atoms with E-state index >= 15 is 4.39 Å².